The van der Waals surface area contributed by atoms with Gasteiger partial charge in [0.1, 0.15) is 11.6 Å². The molecule has 116 valence electrons. The van der Waals surface area contributed by atoms with Gasteiger partial charge in [0, 0.05) is 11.1 Å². The molecule has 2 heteroatoms. The van der Waals surface area contributed by atoms with E-state index in [1.54, 1.807) is 19.2 Å². The molecule has 22 heavy (non-hydrogen) atoms. The average Bonchev–Trinajstić information content (AvgIpc) is 2.53. The highest BCUT2D eigenvalue weighted by Gasteiger charge is 2.17. The van der Waals surface area contributed by atoms with E-state index < -0.39 is 0 Å². The zero-order valence-electron chi connectivity index (χ0n) is 13.8. The summed E-state index contributed by atoms with van der Waals surface area (Å²) < 4.78 is 19.5. The number of aryl methyl sites for hydroxylation is 3. The summed E-state index contributed by atoms with van der Waals surface area (Å²) in [5, 5.41) is 0. The van der Waals surface area contributed by atoms with Gasteiger partial charge in [0.2, 0.25) is 0 Å². The summed E-state index contributed by atoms with van der Waals surface area (Å²) in [6.07, 6.45) is 3.37. The van der Waals surface area contributed by atoms with Crippen LogP contribution in [0, 0.1) is 12.7 Å². The van der Waals surface area contributed by atoms with Gasteiger partial charge in [-0.1, -0.05) is 38.6 Å². The third kappa shape index (κ3) is 2.78. The maximum absolute atomic E-state index is 13.8. The summed E-state index contributed by atoms with van der Waals surface area (Å²) in [5.74, 6) is 0.637. The van der Waals surface area contributed by atoms with Crippen LogP contribution in [0.1, 0.15) is 36.1 Å². The van der Waals surface area contributed by atoms with Gasteiger partial charge in [-0.05, 0) is 54.2 Å². The minimum Gasteiger partial charge on any atom is -0.495 e. The largest absolute Gasteiger partial charge is 0.495 e. The van der Waals surface area contributed by atoms with Crippen LogP contribution in [0.15, 0.2) is 30.8 Å². The van der Waals surface area contributed by atoms with Crippen molar-refractivity contribution in [1.82, 2.24) is 0 Å². The van der Waals surface area contributed by atoms with Gasteiger partial charge in [-0.3, -0.25) is 0 Å². The first-order chi connectivity index (χ1) is 10.6. The Hall–Kier alpha value is -2.09. The van der Waals surface area contributed by atoms with E-state index in [-0.39, 0.29) is 5.82 Å². The van der Waals surface area contributed by atoms with Gasteiger partial charge in [-0.25, -0.2) is 4.39 Å². The molecule has 0 atom stereocenters. The molecule has 0 N–H and O–H groups in total. The van der Waals surface area contributed by atoms with E-state index in [9.17, 15) is 4.39 Å². The minimum atomic E-state index is -0.174. The third-order valence-corrected chi connectivity index (χ3v) is 4.12. The van der Waals surface area contributed by atoms with E-state index in [2.05, 4.69) is 18.7 Å². The van der Waals surface area contributed by atoms with Gasteiger partial charge < -0.3 is 4.74 Å². The Labute approximate surface area is 132 Å². The van der Waals surface area contributed by atoms with Crippen LogP contribution in [0.25, 0.3) is 17.2 Å². The maximum atomic E-state index is 13.8. The number of hydrogen-bond donors (Lipinski definition) is 0. The molecule has 0 saturated heterocycles. The quantitative estimate of drug-likeness (QED) is 0.700. The lowest BCUT2D eigenvalue weighted by Crippen LogP contribution is -2.00. The molecule has 0 heterocycles. The fourth-order valence-corrected chi connectivity index (χ4v) is 3.00. The van der Waals surface area contributed by atoms with E-state index >= 15 is 0 Å². The van der Waals surface area contributed by atoms with Gasteiger partial charge in [-0.2, -0.15) is 0 Å². The fraction of sp³-hybridized carbons (Fsp3) is 0.300. The molecule has 0 aliphatic carbocycles. The summed E-state index contributed by atoms with van der Waals surface area (Å²) in [5.41, 5.74) is 6.23. The number of halogens is 1. The number of ether oxygens (including phenoxy) is 1. The van der Waals surface area contributed by atoms with Crippen molar-refractivity contribution in [2.75, 3.05) is 7.11 Å². The Morgan fingerprint density at radius 1 is 1.14 bits per heavy atom. The van der Waals surface area contributed by atoms with Crippen molar-refractivity contribution in [3.8, 4) is 16.9 Å². The van der Waals surface area contributed by atoms with Crippen LogP contribution >= 0.6 is 0 Å². The Morgan fingerprint density at radius 3 is 2.18 bits per heavy atom. The van der Waals surface area contributed by atoms with Crippen molar-refractivity contribution >= 4 is 6.08 Å². The number of hydrogen-bond acceptors (Lipinski definition) is 1. The molecule has 0 saturated carbocycles. The first-order valence-electron chi connectivity index (χ1n) is 7.68. The normalized spacial score (nSPS) is 10.6. The van der Waals surface area contributed by atoms with Crippen LogP contribution < -0.4 is 4.74 Å². The maximum Gasteiger partial charge on any atom is 0.134 e. The third-order valence-electron chi connectivity index (χ3n) is 4.12. The summed E-state index contributed by atoms with van der Waals surface area (Å²) in [4.78, 5) is 0. The molecule has 0 aliphatic rings. The molecular weight excluding hydrogens is 275 g/mol. The highest BCUT2D eigenvalue weighted by Crippen LogP contribution is 2.39. The summed E-state index contributed by atoms with van der Waals surface area (Å²) >= 11 is 0. The molecular formula is C20H23FO. The second-order valence-corrected chi connectivity index (χ2v) is 5.39. The second kappa shape index (κ2) is 6.78. The number of benzene rings is 2. The Morgan fingerprint density at radius 2 is 1.73 bits per heavy atom. The molecule has 2 aromatic rings. The van der Waals surface area contributed by atoms with Crippen LogP contribution in [0.4, 0.5) is 4.39 Å². The predicted octanol–water partition coefficient (Wildman–Crippen LogP) is 5.58. The van der Waals surface area contributed by atoms with E-state index in [0.717, 1.165) is 52.0 Å². The molecule has 0 aromatic heterocycles. The van der Waals surface area contributed by atoms with Crippen molar-refractivity contribution in [1.29, 1.82) is 0 Å². The Kier molecular flexibility index (Phi) is 5.02. The predicted molar refractivity (Wildman–Crippen MR) is 92.0 cm³/mol. The van der Waals surface area contributed by atoms with Crippen molar-refractivity contribution in [2.45, 2.75) is 33.6 Å². The molecule has 0 fully saturated rings. The zero-order valence-corrected chi connectivity index (χ0v) is 13.8. The lowest BCUT2D eigenvalue weighted by Gasteiger charge is -2.19. The van der Waals surface area contributed by atoms with E-state index in [1.807, 2.05) is 26.8 Å². The van der Waals surface area contributed by atoms with Crippen molar-refractivity contribution in [3.63, 3.8) is 0 Å². The van der Waals surface area contributed by atoms with E-state index in [1.165, 1.54) is 0 Å². The second-order valence-electron chi connectivity index (χ2n) is 5.39. The molecule has 0 amide bonds. The van der Waals surface area contributed by atoms with Gasteiger partial charge >= 0.3 is 0 Å². The monoisotopic (exact) mass is 298 g/mol. The molecule has 0 radical (unpaired) electrons. The number of methoxy groups -OCH3 is 1. The van der Waals surface area contributed by atoms with E-state index in [0.29, 0.717) is 0 Å². The molecule has 2 rings (SSSR count). The van der Waals surface area contributed by atoms with E-state index in [4.69, 9.17) is 4.74 Å². The van der Waals surface area contributed by atoms with Crippen LogP contribution in [0.5, 0.6) is 5.75 Å². The highest BCUT2D eigenvalue weighted by molar-refractivity contribution is 5.81. The Bertz CT molecular complexity index is 676. The van der Waals surface area contributed by atoms with Gasteiger partial charge in [0.05, 0.1) is 7.11 Å². The van der Waals surface area contributed by atoms with Crippen LogP contribution in [-0.2, 0) is 12.8 Å². The van der Waals surface area contributed by atoms with Gasteiger partial charge in [0.25, 0.3) is 0 Å². The lowest BCUT2D eigenvalue weighted by molar-refractivity contribution is 0.415. The smallest absolute Gasteiger partial charge is 0.134 e. The average molecular weight is 298 g/mol. The molecule has 1 nitrogen and oxygen atoms in total. The van der Waals surface area contributed by atoms with Crippen molar-refractivity contribution < 1.29 is 9.13 Å². The van der Waals surface area contributed by atoms with Gasteiger partial charge in [-0.15, -0.1) is 0 Å². The fourth-order valence-electron chi connectivity index (χ4n) is 3.00. The zero-order chi connectivity index (χ0) is 16.3. The van der Waals surface area contributed by atoms with Crippen molar-refractivity contribution in [3.05, 3.63) is 58.9 Å². The molecule has 0 unspecified atom stereocenters. The molecule has 0 aliphatic heterocycles. The first kappa shape index (κ1) is 16.3. The highest BCUT2D eigenvalue weighted by atomic mass is 19.1. The standard InChI is InChI=1S/C20H23FO/c1-6-14-11-16(21)12-15(7-2)19(14)18-10-9-13(4)17(8-3)20(18)22-5/h8-12H,3,6-7H2,1-2,4-5H3. The SMILES string of the molecule is C=Cc1c(C)ccc(-c2c(CC)cc(F)cc2CC)c1OC. The summed E-state index contributed by atoms with van der Waals surface area (Å²) in [6, 6.07) is 7.38. The molecule has 0 bridgehead atoms. The topological polar surface area (TPSA) is 9.23 Å². The van der Waals surface area contributed by atoms with Crippen molar-refractivity contribution in [2.24, 2.45) is 0 Å². The number of rotatable bonds is 5. The van der Waals surface area contributed by atoms with Crippen LogP contribution in [-0.4, -0.2) is 7.11 Å². The first-order valence-corrected chi connectivity index (χ1v) is 7.68. The summed E-state index contributed by atoms with van der Waals surface area (Å²) in [7, 11) is 1.67. The van der Waals surface area contributed by atoms with Crippen LogP contribution in [0.3, 0.4) is 0 Å². The van der Waals surface area contributed by atoms with Gasteiger partial charge in [0.15, 0.2) is 0 Å². The minimum absolute atomic E-state index is 0.174. The van der Waals surface area contributed by atoms with Crippen LogP contribution in [0.2, 0.25) is 0 Å². The molecule has 2 aromatic carbocycles. The lowest BCUT2D eigenvalue weighted by atomic mass is 9.89. The Balaban J connectivity index is 2.84. The molecule has 0 spiro atoms. The summed E-state index contributed by atoms with van der Waals surface area (Å²) in [6.45, 7) is 10.0.